The second-order valence-electron chi connectivity index (χ2n) is 6.56. The van der Waals surface area contributed by atoms with Crippen molar-refractivity contribution in [2.45, 2.75) is 5.54 Å². The zero-order chi connectivity index (χ0) is 20.1. The Morgan fingerprint density at radius 2 is 1.28 bits per heavy atom. The Hall–Kier alpha value is -3.99. The Morgan fingerprint density at radius 3 is 1.83 bits per heavy atom. The fraction of sp³-hybridized carbons (Fsp3) is 0.0417. The van der Waals surface area contributed by atoms with Gasteiger partial charge in [0.1, 0.15) is 0 Å². The van der Waals surface area contributed by atoms with Gasteiger partial charge in [-0.2, -0.15) is 5.10 Å². The summed E-state index contributed by atoms with van der Waals surface area (Å²) in [6.07, 6.45) is 4.99. The van der Waals surface area contributed by atoms with E-state index < -0.39 is 17.5 Å². The summed E-state index contributed by atoms with van der Waals surface area (Å²) in [5.41, 5.74) is 1.06. The van der Waals surface area contributed by atoms with Crippen molar-refractivity contribution in [3.63, 3.8) is 0 Å². The van der Waals surface area contributed by atoms with Crippen LogP contribution in [-0.4, -0.2) is 23.2 Å². The third-order valence-corrected chi connectivity index (χ3v) is 4.77. The molecule has 1 aliphatic rings. The van der Waals surface area contributed by atoms with Crippen molar-refractivity contribution in [1.29, 1.82) is 0 Å². The highest BCUT2D eigenvalue weighted by Crippen LogP contribution is 2.35. The van der Waals surface area contributed by atoms with E-state index in [0.717, 1.165) is 10.6 Å². The molecular formula is C24H19N3O2. The molecule has 3 aromatic rings. The molecule has 142 valence electrons. The average molecular weight is 381 g/mol. The number of carbonyl (C=O) groups excluding carboxylic acids is 2. The number of rotatable bonds is 5. The molecule has 29 heavy (non-hydrogen) atoms. The van der Waals surface area contributed by atoms with Crippen LogP contribution in [0.25, 0.3) is 6.08 Å². The molecular weight excluding hydrogens is 362 g/mol. The van der Waals surface area contributed by atoms with Gasteiger partial charge in [-0.05, 0) is 22.8 Å². The molecule has 0 spiro atoms. The van der Waals surface area contributed by atoms with Crippen LogP contribution in [0.15, 0.2) is 102 Å². The minimum Gasteiger partial charge on any atom is -0.314 e. The van der Waals surface area contributed by atoms with Crippen molar-refractivity contribution in [2.24, 2.45) is 5.10 Å². The third kappa shape index (κ3) is 3.46. The monoisotopic (exact) mass is 381 g/mol. The molecule has 0 unspecified atom stereocenters. The van der Waals surface area contributed by atoms with Crippen LogP contribution < -0.4 is 5.32 Å². The minimum atomic E-state index is -1.31. The van der Waals surface area contributed by atoms with Crippen LogP contribution in [0.3, 0.4) is 0 Å². The van der Waals surface area contributed by atoms with Crippen molar-refractivity contribution in [3.05, 3.63) is 114 Å². The first-order chi connectivity index (χ1) is 14.2. The van der Waals surface area contributed by atoms with Gasteiger partial charge < -0.3 is 5.32 Å². The Bertz CT molecular complexity index is 1020. The first-order valence-corrected chi connectivity index (χ1v) is 9.25. The van der Waals surface area contributed by atoms with Gasteiger partial charge in [0.2, 0.25) is 0 Å². The number of hydrazone groups is 1. The van der Waals surface area contributed by atoms with Gasteiger partial charge in [-0.15, -0.1) is 5.01 Å². The molecule has 5 nitrogen and oxygen atoms in total. The summed E-state index contributed by atoms with van der Waals surface area (Å²) < 4.78 is 0. The molecule has 0 aromatic heterocycles. The van der Waals surface area contributed by atoms with Gasteiger partial charge in [0.15, 0.2) is 5.54 Å². The summed E-state index contributed by atoms with van der Waals surface area (Å²) in [6.45, 7) is 0. The smallest absolute Gasteiger partial charge is 0.314 e. The van der Waals surface area contributed by atoms with Crippen molar-refractivity contribution >= 4 is 24.2 Å². The molecule has 3 amide bonds. The fourth-order valence-corrected chi connectivity index (χ4v) is 3.38. The average Bonchev–Trinajstić information content (AvgIpc) is 3.04. The maximum absolute atomic E-state index is 13.4. The number of carbonyl (C=O) groups is 2. The SMILES string of the molecule is O=C1NC(c2ccccc2)(c2ccccc2)C(=O)N1/N=C\C=C\c1ccccc1. The lowest BCUT2D eigenvalue weighted by Crippen LogP contribution is -2.44. The highest BCUT2D eigenvalue weighted by molar-refractivity contribution is 6.09. The second-order valence-corrected chi connectivity index (χ2v) is 6.56. The first kappa shape index (κ1) is 18.4. The molecule has 1 heterocycles. The van der Waals surface area contributed by atoms with Gasteiger partial charge in [-0.25, -0.2) is 4.79 Å². The fourth-order valence-electron chi connectivity index (χ4n) is 3.38. The summed E-state index contributed by atoms with van der Waals surface area (Å²) in [5, 5.41) is 7.85. The molecule has 0 radical (unpaired) electrons. The molecule has 0 saturated carbocycles. The van der Waals surface area contributed by atoms with E-state index in [9.17, 15) is 9.59 Å². The molecule has 1 aliphatic heterocycles. The zero-order valence-corrected chi connectivity index (χ0v) is 15.6. The first-order valence-electron chi connectivity index (χ1n) is 9.25. The van der Waals surface area contributed by atoms with Crippen LogP contribution in [0.5, 0.6) is 0 Å². The number of nitrogens with zero attached hydrogens (tertiary/aromatic N) is 2. The summed E-state index contributed by atoms with van der Waals surface area (Å²) in [5.74, 6) is -0.440. The Balaban J connectivity index is 1.67. The standard InChI is InChI=1S/C24H19N3O2/c28-22-24(20-14-6-2-7-15-20,21-16-8-3-9-17-21)26-23(29)27(22)25-18-10-13-19-11-4-1-5-12-19/h1-18H,(H,26,29)/b13-10+,25-18-. The predicted molar refractivity (Wildman–Crippen MR) is 113 cm³/mol. The van der Waals surface area contributed by atoms with Crippen molar-refractivity contribution in [1.82, 2.24) is 10.3 Å². The van der Waals surface area contributed by atoms with Crippen LogP contribution in [0.1, 0.15) is 16.7 Å². The Morgan fingerprint density at radius 1 is 0.759 bits per heavy atom. The van der Waals surface area contributed by atoms with E-state index in [1.807, 2.05) is 97.1 Å². The second kappa shape index (κ2) is 7.94. The van der Waals surface area contributed by atoms with Gasteiger partial charge in [0, 0.05) is 6.21 Å². The molecule has 1 N–H and O–H groups in total. The van der Waals surface area contributed by atoms with Gasteiger partial charge in [0.25, 0.3) is 5.91 Å². The Labute approximate surface area is 169 Å². The number of hydrogen-bond acceptors (Lipinski definition) is 3. The van der Waals surface area contributed by atoms with E-state index in [2.05, 4.69) is 10.4 Å². The van der Waals surface area contributed by atoms with Crippen LogP contribution >= 0.6 is 0 Å². The molecule has 1 fully saturated rings. The van der Waals surface area contributed by atoms with E-state index in [1.165, 1.54) is 6.21 Å². The summed E-state index contributed by atoms with van der Waals surface area (Å²) >= 11 is 0. The minimum absolute atomic E-state index is 0.440. The largest absolute Gasteiger partial charge is 0.346 e. The van der Waals surface area contributed by atoms with Crippen molar-refractivity contribution in [3.8, 4) is 0 Å². The highest BCUT2D eigenvalue weighted by atomic mass is 16.2. The van der Waals surface area contributed by atoms with Gasteiger partial charge in [-0.1, -0.05) is 97.1 Å². The third-order valence-electron chi connectivity index (χ3n) is 4.77. The normalized spacial score (nSPS) is 15.9. The molecule has 0 bridgehead atoms. The quantitative estimate of drug-likeness (QED) is 0.532. The highest BCUT2D eigenvalue weighted by Gasteiger charge is 2.54. The number of allylic oxidation sites excluding steroid dienone is 1. The summed E-state index contributed by atoms with van der Waals surface area (Å²) in [4.78, 5) is 26.1. The maximum Gasteiger partial charge on any atom is 0.346 e. The lowest BCUT2D eigenvalue weighted by Gasteiger charge is -2.27. The maximum atomic E-state index is 13.4. The van der Waals surface area contributed by atoms with E-state index in [-0.39, 0.29) is 0 Å². The van der Waals surface area contributed by atoms with E-state index in [1.54, 1.807) is 6.08 Å². The molecule has 1 saturated heterocycles. The van der Waals surface area contributed by atoms with Crippen molar-refractivity contribution < 1.29 is 9.59 Å². The number of amides is 3. The van der Waals surface area contributed by atoms with Crippen molar-refractivity contribution in [2.75, 3.05) is 0 Å². The molecule has 0 atom stereocenters. The number of benzene rings is 3. The van der Waals surface area contributed by atoms with Gasteiger partial charge in [-0.3, -0.25) is 4.79 Å². The van der Waals surface area contributed by atoms with Crippen LogP contribution in [0.2, 0.25) is 0 Å². The van der Waals surface area contributed by atoms with E-state index in [4.69, 9.17) is 0 Å². The zero-order valence-electron chi connectivity index (χ0n) is 15.6. The molecule has 0 aliphatic carbocycles. The predicted octanol–water partition coefficient (Wildman–Crippen LogP) is 4.18. The van der Waals surface area contributed by atoms with Crippen LogP contribution in [0.4, 0.5) is 4.79 Å². The van der Waals surface area contributed by atoms with Gasteiger partial charge >= 0.3 is 6.03 Å². The number of imide groups is 1. The topological polar surface area (TPSA) is 61.8 Å². The molecule has 3 aromatic carbocycles. The Kier molecular flexibility index (Phi) is 5.03. The molecule has 4 rings (SSSR count). The lowest BCUT2D eigenvalue weighted by atomic mass is 9.83. The number of hydrogen-bond donors (Lipinski definition) is 1. The molecule has 5 heteroatoms. The van der Waals surface area contributed by atoms with E-state index >= 15 is 0 Å². The van der Waals surface area contributed by atoms with Crippen LogP contribution in [0, 0.1) is 0 Å². The lowest BCUT2D eigenvalue weighted by molar-refractivity contribution is -0.130. The number of urea groups is 1. The number of nitrogens with one attached hydrogen (secondary N) is 1. The van der Waals surface area contributed by atoms with Crippen LogP contribution in [-0.2, 0) is 10.3 Å². The van der Waals surface area contributed by atoms with Gasteiger partial charge in [0.05, 0.1) is 0 Å². The summed E-state index contributed by atoms with van der Waals surface area (Å²) in [6, 6.07) is 27.6. The summed E-state index contributed by atoms with van der Waals surface area (Å²) in [7, 11) is 0. The van der Waals surface area contributed by atoms with E-state index in [0.29, 0.717) is 11.1 Å².